The van der Waals surface area contributed by atoms with Gasteiger partial charge in [0.15, 0.2) is 5.96 Å². The number of ether oxygens (including phenoxy) is 2. The highest BCUT2D eigenvalue weighted by Gasteiger charge is 2.07. The third-order valence-corrected chi connectivity index (χ3v) is 3.57. The lowest BCUT2D eigenvalue weighted by Crippen LogP contribution is -2.43. The highest BCUT2D eigenvalue weighted by atomic mass is 16.5. The van der Waals surface area contributed by atoms with Gasteiger partial charge >= 0.3 is 0 Å². The van der Waals surface area contributed by atoms with E-state index in [1.807, 2.05) is 39.0 Å². The number of aliphatic imine (C=N–C) groups is 1. The molecule has 1 aromatic rings. The van der Waals surface area contributed by atoms with Crippen LogP contribution in [0.5, 0.6) is 5.75 Å². The Morgan fingerprint density at radius 1 is 1.15 bits per heavy atom. The van der Waals surface area contributed by atoms with Gasteiger partial charge in [0.1, 0.15) is 12.4 Å². The largest absolute Gasteiger partial charge is 0.491 e. The molecule has 0 saturated heterocycles. The number of amides is 1. The molecule has 0 unspecified atom stereocenters. The summed E-state index contributed by atoms with van der Waals surface area (Å²) in [5.41, 5.74) is 2.15. The minimum Gasteiger partial charge on any atom is -0.491 e. The summed E-state index contributed by atoms with van der Waals surface area (Å²) in [6, 6.07) is 6.08. The topological polar surface area (TPSA) is 84.0 Å². The first-order valence-electron chi connectivity index (χ1n) is 9.12. The van der Waals surface area contributed by atoms with Crippen molar-refractivity contribution in [2.24, 2.45) is 4.99 Å². The van der Waals surface area contributed by atoms with Gasteiger partial charge in [0, 0.05) is 32.3 Å². The average Bonchev–Trinajstić information content (AvgIpc) is 2.64. The summed E-state index contributed by atoms with van der Waals surface area (Å²) in [4.78, 5) is 15.8. The van der Waals surface area contributed by atoms with Gasteiger partial charge in [-0.2, -0.15) is 0 Å². The zero-order valence-corrected chi connectivity index (χ0v) is 16.4. The summed E-state index contributed by atoms with van der Waals surface area (Å²) >= 11 is 0. The number of hydrogen-bond acceptors (Lipinski definition) is 4. The van der Waals surface area contributed by atoms with Crippen molar-refractivity contribution in [3.8, 4) is 5.75 Å². The standard InChI is InChI=1S/C19H32N4O3/c1-5-9-21-18(24)14-23-19(20-4)22-13-16-8-7-15(3)12-17(16)26-11-10-25-6-2/h7-8,12H,5-6,9-11,13-14H2,1-4H3,(H,21,24)(H2,20,22,23). The van der Waals surface area contributed by atoms with Gasteiger partial charge in [0.05, 0.1) is 13.2 Å². The number of guanidine groups is 1. The Morgan fingerprint density at radius 2 is 1.96 bits per heavy atom. The van der Waals surface area contributed by atoms with Crippen LogP contribution in [0.4, 0.5) is 0 Å². The molecule has 0 aliphatic heterocycles. The van der Waals surface area contributed by atoms with Crippen LogP contribution in [-0.4, -0.2) is 51.8 Å². The number of carbonyl (C=O) groups is 1. The van der Waals surface area contributed by atoms with E-state index in [1.165, 1.54) is 0 Å². The van der Waals surface area contributed by atoms with Gasteiger partial charge in [-0.05, 0) is 31.9 Å². The maximum Gasteiger partial charge on any atom is 0.239 e. The van der Waals surface area contributed by atoms with Crippen molar-refractivity contribution < 1.29 is 14.3 Å². The lowest BCUT2D eigenvalue weighted by atomic mass is 10.1. The molecule has 0 aliphatic carbocycles. The molecule has 0 heterocycles. The molecule has 146 valence electrons. The van der Waals surface area contributed by atoms with Crippen LogP contribution in [0.3, 0.4) is 0 Å². The Morgan fingerprint density at radius 3 is 2.65 bits per heavy atom. The Balaban J connectivity index is 2.54. The van der Waals surface area contributed by atoms with Crippen molar-refractivity contribution in [2.45, 2.75) is 33.7 Å². The van der Waals surface area contributed by atoms with Gasteiger partial charge in [0.25, 0.3) is 0 Å². The van der Waals surface area contributed by atoms with E-state index in [-0.39, 0.29) is 12.5 Å². The first-order valence-corrected chi connectivity index (χ1v) is 9.12. The molecule has 0 radical (unpaired) electrons. The molecule has 0 spiro atoms. The summed E-state index contributed by atoms with van der Waals surface area (Å²) in [5, 5.41) is 9.03. The van der Waals surface area contributed by atoms with Crippen LogP contribution in [-0.2, 0) is 16.1 Å². The molecule has 1 rings (SSSR count). The molecule has 26 heavy (non-hydrogen) atoms. The Labute approximate surface area is 156 Å². The highest BCUT2D eigenvalue weighted by molar-refractivity contribution is 5.86. The number of carbonyl (C=O) groups excluding carboxylic acids is 1. The zero-order chi connectivity index (χ0) is 19.2. The molecule has 7 heteroatoms. The summed E-state index contributed by atoms with van der Waals surface area (Å²) < 4.78 is 11.2. The van der Waals surface area contributed by atoms with E-state index in [1.54, 1.807) is 7.05 Å². The van der Waals surface area contributed by atoms with Crippen LogP contribution in [0.1, 0.15) is 31.4 Å². The molecule has 0 aromatic heterocycles. The molecule has 7 nitrogen and oxygen atoms in total. The zero-order valence-electron chi connectivity index (χ0n) is 16.4. The monoisotopic (exact) mass is 364 g/mol. The van der Waals surface area contributed by atoms with E-state index in [0.717, 1.165) is 23.3 Å². The maximum absolute atomic E-state index is 11.7. The van der Waals surface area contributed by atoms with Crippen LogP contribution >= 0.6 is 0 Å². The molecule has 0 atom stereocenters. The van der Waals surface area contributed by atoms with Gasteiger partial charge in [-0.15, -0.1) is 0 Å². The van der Waals surface area contributed by atoms with Crippen molar-refractivity contribution in [3.05, 3.63) is 29.3 Å². The fourth-order valence-electron chi connectivity index (χ4n) is 2.19. The second kappa shape index (κ2) is 13.0. The lowest BCUT2D eigenvalue weighted by molar-refractivity contribution is -0.120. The van der Waals surface area contributed by atoms with Gasteiger partial charge in [0.2, 0.25) is 5.91 Å². The number of hydrogen-bond donors (Lipinski definition) is 3. The third-order valence-electron chi connectivity index (χ3n) is 3.57. The fourth-order valence-corrected chi connectivity index (χ4v) is 2.19. The maximum atomic E-state index is 11.7. The van der Waals surface area contributed by atoms with E-state index >= 15 is 0 Å². The second-order valence-corrected chi connectivity index (χ2v) is 5.79. The smallest absolute Gasteiger partial charge is 0.239 e. The van der Waals surface area contributed by atoms with Crippen LogP contribution in [0.25, 0.3) is 0 Å². The first kappa shape index (κ1) is 21.8. The minimum absolute atomic E-state index is 0.0508. The molecule has 1 aromatic carbocycles. The van der Waals surface area contributed by atoms with Gasteiger partial charge in [-0.3, -0.25) is 9.79 Å². The predicted molar refractivity (Wildman–Crippen MR) is 105 cm³/mol. The van der Waals surface area contributed by atoms with Gasteiger partial charge in [-0.1, -0.05) is 19.1 Å². The highest BCUT2D eigenvalue weighted by Crippen LogP contribution is 2.20. The van der Waals surface area contributed by atoms with E-state index in [0.29, 0.717) is 38.9 Å². The van der Waals surface area contributed by atoms with Crippen molar-refractivity contribution in [2.75, 3.05) is 40.0 Å². The van der Waals surface area contributed by atoms with Crippen LogP contribution in [0.2, 0.25) is 0 Å². The predicted octanol–water partition coefficient (Wildman–Crippen LogP) is 1.60. The number of rotatable bonds is 11. The van der Waals surface area contributed by atoms with Crippen molar-refractivity contribution in [3.63, 3.8) is 0 Å². The van der Waals surface area contributed by atoms with Gasteiger partial charge in [-0.25, -0.2) is 0 Å². The Hall–Kier alpha value is -2.28. The fraction of sp³-hybridized carbons (Fsp3) is 0.579. The summed E-state index contributed by atoms with van der Waals surface area (Å²) in [5.74, 6) is 1.34. The molecule has 3 N–H and O–H groups in total. The number of nitrogens with zero attached hydrogens (tertiary/aromatic N) is 1. The normalized spacial score (nSPS) is 11.2. The summed E-state index contributed by atoms with van der Waals surface area (Å²) in [6.07, 6.45) is 0.915. The molecule has 0 aliphatic rings. The average molecular weight is 364 g/mol. The Bertz CT molecular complexity index is 576. The van der Waals surface area contributed by atoms with Crippen LogP contribution < -0.4 is 20.7 Å². The van der Waals surface area contributed by atoms with Crippen molar-refractivity contribution in [1.82, 2.24) is 16.0 Å². The SMILES string of the molecule is CCCNC(=O)CNC(=NC)NCc1ccc(C)cc1OCCOCC. The van der Waals surface area contributed by atoms with E-state index < -0.39 is 0 Å². The minimum atomic E-state index is -0.0508. The molecule has 1 amide bonds. The third kappa shape index (κ3) is 8.71. The molecular formula is C19H32N4O3. The number of benzene rings is 1. The van der Waals surface area contributed by atoms with E-state index in [9.17, 15) is 4.79 Å². The number of nitrogens with one attached hydrogen (secondary N) is 3. The molecular weight excluding hydrogens is 332 g/mol. The van der Waals surface area contributed by atoms with Crippen LogP contribution in [0.15, 0.2) is 23.2 Å². The summed E-state index contributed by atoms with van der Waals surface area (Å²) in [6.45, 7) is 9.17. The quantitative estimate of drug-likeness (QED) is 0.316. The molecule has 0 saturated carbocycles. The van der Waals surface area contributed by atoms with Crippen molar-refractivity contribution >= 4 is 11.9 Å². The number of aryl methyl sites for hydroxylation is 1. The van der Waals surface area contributed by atoms with E-state index in [2.05, 4.69) is 20.9 Å². The van der Waals surface area contributed by atoms with E-state index in [4.69, 9.17) is 9.47 Å². The van der Waals surface area contributed by atoms with Gasteiger partial charge < -0.3 is 25.4 Å². The second-order valence-electron chi connectivity index (χ2n) is 5.79. The lowest BCUT2D eigenvalue weighted by Gasteiger charge is -2.15. The summed E-state index contributed by atoms with van der Waals surface area (Å²) in [7, 11) is 1.67. The Kier molecular flexibility index (Phi) is 10.9. The first-order chi connectivity index (χ1) is 12.6. The molecule has 0 fully saturated rings. The van der Waals surface area contributed by atoms with Crippen molar-refractivity contribution in [1.29, 1.82) is 0 Å². The molecule has 0 bridgehead atoms. The van der Waals surface area contributed by atoms with Crippen LogP contribution in [0, 0.1) is 6.92 Å².